The number of aliphatic hydroxyl groups excluding tert-OH is 2. The molecule has 4 heterocycles. The average Bonchev–Trinajstić information content (AvgIpc) is 3.91. The molecule has 0 spiro atoms. The fraction of sp³-hybridized carbons (Fsp3) is 0.611. The first-order chi connectivity index (χ1) is 23.7. The molecular formula is C36H52N2NpO11. The molecule has 0 aromatic heterocycles. The summed E-state index contributed by atoms with van der Waals surface area (Å²) >= 11 is 0. The first-order valence-electron chi connectivity index (χ1n) is 17.2. The number of benzene rings is 2. The summed E-state index contributed by atoms with van der Waals surface area (Å²) in [7, 11) is 0. The normalized spacial score (nSPS) is 27.0. The van der Waals surface area contributed by atoms with Crippen LogP contribution in [0.15, 0.2) is 60.7 Å². The number of carboxylic acid groups (broad SMARTS) is 1. The predicted octanol–water partition coefficient (Wildman–Crippen LogP) is 3.63. The van der Waals surface area contributed by atoms with Gasteiger partial charge in [0, 0.05) is 36.0 Å². The van der Waals surface area contributed by atoms with Crippen molar-refractivity contribution in [3.8, 4) is 0 Å². The maximum absolute atomic E-state index is 12.3. The molecule has 2 aromatic rings. The van der Waals surface area contributed by atoms with Crippen molar-refractivity contribution in [1.29, 1.82) is 0 Å². The van der Waals surface area contributed by atoms with Gasteiger partial charge >= 0.3 is 12.2 Å². The van der Waals surface area contributed by atoms with E-state index < -0.39 is 18.4 Å². The first kappa shape index (κ1) is 42.1. The third-order valence-corrected chi connectivity index (χ3v) is 9.19. The number of nitrogens with two attached hydrogens (primary N) is 1. The fourth-order valence-corrected chi connectivity index (χ4v) is 6.31. The Hall–Kier alpha value is -2.29. The molecule has 4 saturated heterocycles. The van der Waals surface area contributed by atoms with E-state index in [0.717, 1.165) is 24.8 Å². The monoisotopic (exact) mass is 924 g/mol. The number of hydrogen-bond donors (Lipinski definition) is 5. The number of fused-ring (bicyclic) bond motifs is 2. The molecule has 13 nitrogen and oxygen atoms in total. The van der Waals surface area contributed by atoms with Crippen molar-refractivity contribution in [3.63, 3.8) is 0 Å². The van der Waals surface area contributed by atoms with E-state index in [-0.39, 0.29) is 84.8 Å². The van der Waals surface area contributed by atoms with Gasteiger partial charge in [0.1, 0.15) is 12.2 Å². The van der Waals surface area contributed by atoms with Gasteiger partial charge in [-0.1, -0.05) is 74.5 Å². The zero-order valence-corrected chi connectivity index (χ0v) is 32.5. The largest absolute Gasteiger partial charge is 0.506 e. The van der Waals surface area contributed by atoms with E-state index >= 15 is 0 Å². The topological polar surface area (TPSA) is 188 Å². The van der Waals surface area contributed by atoms with Crippen molar-refractivity contribution in [3.05, 3.63) is 71.8 Å². The number of hydrogen-bond acceptors (Lipinski definition) is 11. The van der Waals surface area contributed by atoms with E-state index in [4.69, 9.17) is 34.5 Å². The number of aliphatic hydroxyl groups is 2. The van der Waals surface area contributed by atoms with Crippen LogP contribution in [-0.2, 0) is 41.3 Å². The summed E-state index contributed by atoms with van der Waals surface area (Å²) in [5.41, 5.74) is 8.05. The van der Waals surface area contributed by atoms with Gasteiger partial charge in [0.05, 0.1) is 56.5 Å². The van der Waals surface area contributed by atoms with Gasteiger partial charge in [-0.2, -0.15) is 0 Å². The molecule has 0 aliphatic carbocycles. The number of alkyl carbamates (subject to hydrolysis) is 1. The van der Waals surface area contributed by atoms with Crippen LogP contribution in [0.3, 0.4) is 0 Å². The Balaban J connectivity index is 0.000000220. The average molecular weight is 926 g/mol. The molecule has 1 radical (unpaired) electrons. The van der Waals surface area contributed by atoms with Gasteiger partial charge in [-0.3, -0.25) is 0 Å². The molecule has 4 fully saturated rings. The molecule has 2 aromatic carbocycles. The standard InChI is InChI=1S/C18H25NO5.C11H17NO.C7H10O5.Np/c1-2-15(20)14(10-12-6-4-3-5-7-12)19-18(21)24-16-11-23-17-13(16)8-9-22-17;1-2-11(13)10(12)8-9-6-4-3-5-7-9;8-7(9)12-5-3-11-6-4(5)1-2-10-6;/h3-7,13-17,20H,2,8-11H2,1H3,(H,19,21);3-7,10-11,13H,2,8,12H2,1H3;4-6H,1-3H2,(H,8,9);/t13?,14-,15?,16?,17?;10-,11?;;/m00../s1. The summed E-state index contributed by atoms with van der Waals surface area (Å²) in [6, 6.07) is 19.3. The Labute approximate surface area is 316 Å². The SMILES string of the molecule is CCC(O)[C@@H](N)Cc1ccccc1.CCC(O)[C@H](Cc1ccccc1)NC(=O)OC1COC2OCCC12.O=C(O)OC1COC2OCCC12.[Np]. The van der Waals surface area contributed by atoms with Crippen molar-refractivity contribution in [1.82, 2.24) is 5.32 Å². The van der Waals surface area contributed by atoms with Crippen molar-refractivity contribution in [2.75, 3.05) is 26.4 Å². The maximum atomic E-state index is 12.3. The Kier molecular flexibility index (Phi) is 18.5. The number of rotatable bonds is 11. The molecule has 10 atom stereocenters. The minimum absolute atomic E-state index is 0. The maximum Gasteiger partial charge on any atom is 0.506 e. The van der Waals surface area contributed by atoms with E-state index in [2.05, 4.69) is 10.1 Å². The molecule has 50 heavy (non-hydrogen) atoms. The number of amides is 1. The minimum Gasteiger partial charge on any atom is -0.450 e. The number of carbonyl (C=O) groups excluding carboxylic acids is 1. The molecule has 4 aliphatic heterocycles. The van der Waals surface area contributed by atoms with Gasteiger partial charge < -0.3 is 54.8 Å². The molecule has 1 amide bonds. The summed E-state index contributed by atoms with van der Waals surface area (Å²) < 4.78 is 31.4. The van der Waals surface area contributed by atoms with E-state index in [9.17, 15) is 19.8 Å². The molecule has 14 heteroatoms. The van der Waals surface area contributed by atoms with Crippen LogP contribution < -0.4 is 11.1 Å². The molecule has 6 N–H and O–H groups in total. The third kappa shape index (κ3) is 13.0. The van der Waals surface area contributed by atoms with Crippen LogP contribution in [0.2, 0.25) is 0 Å². The van der Waals surface area contributed by atoms with Crippen LogP contribution in [0.1, 0.15) is 50.7 Å². The van der Waals surface area contributed by atoms with Crippen LogP contribution in [0.5, 0.6) is 0 Å². The van der Waals surface area contributed by atoms with Gasteiger partial charge in [-0.05, 0) is 49.7 Å². The summed E-state index contributed by atoms with van der Waals surface area (Å²) in [6.45, 7) is 5.79. The molecule has 8 unspecified atom stereocenters. The summed E-state index contributed by atoms with van der Waals surface area (Å²) in [4.78, 5) is 22.5. The smallest absolute Gasteiger partial charge is 0.450 e. The van der Waals surface area contributed by atoms with Crippen molar-refractivity contribution in [2.24, 2.45) is 17.6 Å². The molecule has 277 valence electrons. The molecule has 6 rings (SSSR count). The Bertz CT molecular complexity index is 1260. The number of nitrogens with one attached hydrogen (secondary N) is 1. The summed E-state index contributed by atoms with van der Waals surface area (Å²) in [5, 5.41) is 30.9. The second kappa shape index (κ2) is 21.9. The quantitative estimate of drug-likeness (QED) is 0.207. The Morgan fingerprint density at radius 2 is 1.26 bits per heavy atom. The zero-order chi connectivity index (χ0) is 35.2. The summed E-state index contributed by atoms with van der Waals surface area (Å²) in [5.74, 6) is 0.209. The van der Waals surface area contributed by atoms with Crippen LogP contribution in [-0.4, -0.2) is 103 Å². The first-order valence-corrected chi connectivity index (χ1v) is 17.2. The van der Waals surface area contributed by atoms with E-state index in [0.29, 0.717) is 45.7 Å². The number of carbonyl (C=O) groups is 2. The van der Waals surface area contributed by atoms with E-state index in [1.54, 1.807) is 0 Å². The van der Waals surface area contributed by atoms with Crippen molar-refractivity contribution < 1.29 is 83.3 Å². The van der Waals surface area contributed by atoms with Gasteiger partial charge in [-0.25, -0.2) is 9.59 Å². The third-order valence-electron chi connectivity index (χ3n) is 9.19. The molecule has 0 saturated carbocycles. The van der Waals surface area contributed by atoms with E-state index in [1.165, 1.54) is 5.56 Å². The van der Waals surface area contributed by atoms with Gasteiger partial charge in [0.2, 0.25) is 0 Å². The Morgan fingerprint density at radius 1 is 0.780 bits per heavy atom. The van der Waals surface area contributed by atoms with Crippen molar-refractivity contribution >= 4 is 12.2 Å². The zero-order valence-electron chi connectivity index (χ0n) is 28.8. The number of ether oxygens (including phenoxy) is 6. The second-order valence-corrected chi connectivity index (χ2v) is 12.7. The van der Waals surface area contributed by atoms with Crippen LogP contribution >= 0.6 is 0 Å². The fourth-order valence-electron chi connectivity index (χ4n) is 6.31. The van der Waals surface area contributed by atoms with E-state index in [1.807, 2.05) is 74.5 Å². The van der Waals surface area contributed by atoms with Gasteiger partial charge in [0.15, 0.2) is 12.6 Å². The second-order valence-electron chi connectivity index (χ2n) is 12.7. The van der Waals surface area contributed by atoms with Gasteiger partial charge in [0.25, 0.3) is 0 Å². The Morgan fingerprint density at radius 3 is 1.74 bits per heavy atom. The molecule has 0 bridgehead atoms. The van der Waals surface area contributed by atoms with Crippen LogP contribution in [0, 0.1) is 41.8 Å². The summed E-state index contributed by atoms with van der Waals surface area (Å²) in [6.07, 6.45) is 0.368. The molecule has 4 aliphatic rings. The minimum atomic E-state index is -1.24. The van der Waals surface area contributed by atoms with Crippen LogP contribution in [0.4, 0.5) is 9.59 Å². The predicted molar refractivity (Wildman–Crippen MR) is 179 cm³/mol. The van der Waals surface area contributed by atoms with Crippen LogP contribution in [0.25, 0.3) is 0 Å². The van der Waals surface area contributed by atoms with Gasteiger partial charge in [-0.15, -0.1) is 0 Å². The van der Waals surface area contributed by atoms with Crippen molar-refractivity contribution in [2.45, 2.75) is 101 Å². The molecular weight excluding hydrogens is 873 g/mol.